The predicted octanol–water partition coefficient (Wildman–Crippen LogP) is 2.96. The second-order valence-electron chi connectivity index (χ2n) is 4.38. The van der Waals surface area contributed by atoms with E-state index in [1.54, 1.807) is 0 Å². The molecular formula is C14H22N2. The van der Waals surface area contributed by atoms with Gasteiger partial charge in [-0.25, -0.2) is 0 Å². The minimum atomic E-state index is 0.488. The zero-order valence-corrected chi connectivity index (χ0v) is 10.4. The third kappa shape index (κ3) is 5.08. The zero-order valence-electron chi connectivity index (χ0n) is 10.4. The molecule has 0 aliphatic carbocycles. The topological polar surface area (TPSA) is 24.9 Å². The van der Waals surface area contributed by atoms with E-state index in [9.17, 15) is 0 Å². The standard InChI is InChI=1S/C14H22N2/c1-4-7-16-14(9-12(2)3)10-13-6-5-8-15-11-13/h5-6,8,11,14,16H,2,4,7,9-10H2,1,3H3. The van der Waals surface area contributed by atoms with Crippen molar-refractivity contribution >= 4 is 0 Å². The Bertz CT molecular complexity index is 306. The van der Waals surface area contributed by atoms with Crippen LogP contribution in [0.2, 0.25) is 0 Å². The number of nitrogens with one attached hydrogen (secondary N) is 1. The maximum Gasteiger partial charge on any atom is 0.0300 e. The average Bonchev–Trinajstić information content (AvgIpc) is 2.26. The lowest BCUT2D eigenvalue weighted by atomic mass is 10.0. The molecule has 0 saturated heterocycles. The molecule has 2 nitrogen and oxygen atoms in total. The van der Waals surface area contributed by atoms with Crippen LogP contribution in [0.5, 0.6) is 0 Å². The molecule has 1 heterocycles. The normalized spacial score (nSPS) is 12.4. The number of nitrogens with zero attached hydrogens (tertiary/aromatic N) is 1. The fraction of sp³-hybridized carbons (Fsp3) is 0.500. The highest BCUT2D eigenvalue weighted by Gasteiger charge is 2.08. The molecular weight excluding hydrogens is 196 g/mol. The third-order valence-electron chi connectivity index (χ3n) is 2.48. The van der Waals surface area contributed by atoms with E-state index in [-0.39, 0.29) is 0 Å². The van der Waals surface area contributed by atoms with E-state index in [4.69, 9.17) is 0 Å². The van der Waals surface area contributed by atoms with Gasteiger partial charge in [-0.1, -0.05) is 18.6 Å². The van der Waals surface area contributed by atoms with Crippen LogP contribution in [0.25, 0.3) is 0 Å². The number of hydrogen-bond donors (Lipinski definition) is 1. The molecule has 0 aromatic carbocycles. The molecule has 1 aromatic rings. The summed E-state index contributed by atoms with van der Waals surface area (Å²) in [4.78, 5) is 4.15. The fourth-order valence-electron chi connectivity index (χ4n) is 1.79. The summed E-state index contributed by atoms with van der Waals surface area (Å²) in [6.07, 6.45) is 6.99. The summed E-state index contributed by atoms with van der Waals surface area (Å²) in [5.74, 6) is 0. The van der Waals surface area contributed by atoms with Crippen LogP contribution >= 0.6 is 0 Å². The van der Waals surface area contributed by atoms with Gasteiger partial charge in [0, 0.05) is 18.4 Å². The van der Waals surface area contributed by atoms with Gasteiger partial charge >= 0.3 is 0 Å². The van der Waals surface area contributed by atoms with Gasteiger partial charge in [-0.2, -0.15) is 0 Å². The third-order valence-corrected chi connectivity index (χ3v) is 2.48. The van der Waals surface area contributed by atoms with Gasteiger partial charge in [0.05, 0.1) is 0 Å². The van der Waals surface area contributed by atoms with Gasteiger partial charge in [-0.3, -0.25) is 4.98 Å². The fourth-order valence-corrected chi connectivity index (χ4v) is 1.79. The Labute approximate surface area is 98.8 Å². The summed E-state index contributed by atoms with van der Waals surface area (Å²) in [5, 5.41) is 3.56. The maximum atomic E-state index is 4.15. The first-order valence-corrected chi connectivity index (χ1v) is 5.99. The first kappa shape index (κ1) is 12.9. The first-order valence-electron chi connectivity index (χ1n) is 5.99. The lowest BCUT2D eigenvalue weighted by Crippen LogP contribution is -2.32. The zero-order chi connectivity index (χ0) is 11.8. The van der Waals surface area contributed by atoms with E-state index in [2.05, 4.69) is 36.8 Å². The van der Waals surface area contributed by atoms with Crippen molar-refractivity contribution in [2.24, 2.45) is 0 Å². The van der Waals surface area contributed by atoms with Crippen LogP contribution in [-0.2, 0) is 6.42 Å². The highest BCUT2D eigenvalue weighted by Crippen LogP contribution is 2.09. The maximum absolute atomic E-state index is 4.15. The monoisotopic (exact) mass is 218 g/mol. The molecule has 0 amide bonds. The summed E-state index contributed by atoms with van der Waals surface area (Å²) >= 11 is 0. The molecule has 0 radical (unpaired) electrons. The SMILES string of the molecule is C=C(C)CC(Cc1cccnc1)NCCC. The molecule has 88 valence electrons. The molecule has 1 aromatic heterocycles. The summed E-state index contributed by atoms with van der Waals surface area (Å²) in [7, 11) is 0. The van der Waals surface area contributed by atoms with Crippen LogP contribution in [-0.4, -0.2) is 17.6 Å². The van der Waals surface area contributed by atoms with Gasteiger partial charge in [0.1, 0.15) is 0 Å². The molecule has 0 aliphatic rings. The van der Waals surface area contributed by atoms with Gasteiger partial charge in [0.15, 0.2) is 0 Å². The molecule has 0 spiro atoms. The van der Waals surface area contributed by atoms with Crippen molar-refractivity contribution in [2.75, 3.05) is 6.54 Å². The molecule has 0 bridgehead atoms. The van der Waals surface area contributed by atoms with Gasteiger partial charge in [-0.15, -0.1) is 6.58 Å². The minimum absolute atomic E-state index is 0.488. The summed E-state index contributed by atoms with van der Waals surface area (Å²) < 4.78 is 0. The molecule has 1 atom stereocenters. The second kappa shape index (κ2) is 7.18. The van der Waals surface area contributed by atoms with Crippen molar-refractivity contribution in [3.05, 3.63) is 42.2 Å². The van der Waals surface area contributed by atoms with E-state index in [0.717, 1.165) is 19.4 Å². The Morgan fingerprint density at radius 3 is 2.94 bits per heavy atom. The lowest BCUT2D eigenvalue weighted by molar-refractivity contribution is 0.503. The van der Waals surface area contributed by atoms with E-state index in [1.807, 2.05) is 18.5 Å². The second-order valence-corrected chi connectivity index (χ2v) is 4.38. The Hall–Kier alpha value is -1.15. The molecule has 1 unspecified atom stereocenters. The highest BCUT2D eigenvalue weighted by molar-refractivity contribution is 5.11. The Balaban J connectivity index is 2.52. The van der Waals surface area contributed by atoms with Crippen molar-refractivity contribution in [2.45, 2.75) is 39.2 Å². The minimum Gasteiger partial charge on any atom is -0.313 e. The van der Waals surface area contributed by atoms with Crippen molar-refractivity contribution in [1.82, 2.24) is 10.3 Å². The molecule has 1 rings (SSSR count). The molecule has 0 saturated carbocycles. The predicted molar refractivity (Wildman–Crippen MR) is 69.5 cm³/mol. The lowest BCUT2D eigenvalue weighted by Gasteiger charge is -2.18. The molecule has 2 heteroatoms. The number of rotatable bonds is 7. The van der Waals surface area contributed by atoms with Crippen molar-refractivity contribution in [3.8, 4) is 0 Å². The van der Waals surface area contributed by atoms with Crippen LogP contribution in [0.4, 0.5) is 0 Å². The van der Waals surface area contributed by atoms with Crippen molar-refractivity contribution in [3.63, 3.8) is 0 Å². The highest BCUT2D eigenvalue weighted by atomic mass is 14.9. The summed E-state index contributed by atoms with van der Waals surface area (Å²) in [6.45, 7) is 9.33. The number of pyridine rings is 1. The molecule has 16 heavy (non-hydrogen) atoms. The van der Waals surface area contributed by atoms with Crippen LogP contribution in [0.1, 0.15) is 32.3 Å². The Morgan fingerprint density at radius 2 is 2.38 bits per heavy atom. The Morgan fingerprint density at radius 1 is 1.56 bits per heavy atom. The van der Waals surface area contributed by atoms with Crippen LogP contribution < -0.4 is 5.32 Å². The van der Waals surface area contributed by atoms with Gasteiger partial charge < -0.3 is 5.32 Å². The van der Waals surface area contributed by atoms with Gasteiger partial charge in [0.2, 0.25) is 0 Å². The number of hydrogen-bond acceptors (Lipinski definition) is 2. The molecule has 1 N–H and O–H groups in total. The van der Waals surface area contributed by atoms with Crippen LogP contribution in [0, 0.1) is 0 Å². The quantitative estimate of drug-likeness (QED) is 0.712. The molecule has 0 aliphatic heterocycles. The Kier molecular flexibility index (Phi) is 5.79. The van der Waals surface area contributed by atoms with Gasteiger partial charge in [0.25, 0.3) is 0 Å². The average molecular weight is 218 g/mol. The summed E-state index contributed by atoms with van der Waals surface area (Å²) in [5.41, 5.74) is 2.52. The van der Waals surface area contributed by atoms with E-state index >= 15 is 0 Å². The van der Waals surface area contributed by atoms with Crippen LogP contribution in [0.15, 0.2) is 36.7 Å². The molecule has 0 fully saturated rings. The first-order chi connectivity index (χ1) is 7.72. The van der Waals surface area contributed by atoms with E-state index in [1.165, 1.54) is 17.6 Å². The largest absolute Gasteiger partial charge is 0.313 e. The van der Waals surface area contributed by atoms with Crippen molar-refractivity contribution in [1.29, 1.82) is 0 Å². The van der Waals surface area contributed by atoms with E-state index < -0.39 is 0 Å². The smallest absolute Gasteiger partial charge is 0.0300 e. The summed E-state index contributed by atoms with van der Waals surface area (Å²) in [6, 6.07) is 4.61. The van der Waals surface area contributed by atoms with Crippen LogP contribution in [0.3, 0.4) is 0 Å². The number of aromatic nitrogens is 1. The van der Waals surface area contributed by atoms with E-state index in [0.29, 0.717) is 6.04 Å². The van der Waals surface area contributed by atoms with Crippen molar-refractivity contribution < 1.29 is 0 Å². The van der Waals surface area contributed by atoms with Gasteiger partial charge in [-0.05, 0) is 44.4 Å².